The summed E-state index contributed by atoms with van der Waals surface area (Å²) in [5.41, 5.74) is 2.25. The maximum Gasteiger partial charge on any atom is 0.488 e. The molecule has 110 valence electrons. The summed E-state index contributed by atoms with van der Waals surface area (Å²) < 4.78 is 7.45. The number of aromatic nitrogens is 3. The first-order chi connectivity index (χ1) is 10.1. The molecule has 1 fully saturated rings. The first-order valence-electron chi connectivity index (χ1n) is 7.15. The summed E-state index contributed by atoms with van der Waals surface area (Å²) in [6, 6.07) is 5.22. The van der Waals surface area contributed by atoms with Crippen LogP contribution in [0.5, 0.6) is 0 Å². The maximum atomic E-state index is 9.19. The highest BCUT2D eigenvalue weighted by molar-refractivity contribution is 6.58. The lowest BCUT2D eigenvalue weighted by Gasteiger charge is -2.22. The molecule has 21 heavy (non-hydrogen) atoms. The summed E-state index contributed by atoms with van der Waals surface area (Å²) in [5.74, 6) is 0.626. The Morgan fingerprint density at radius 3 is 2.86 bits per heavy atom. The van der Waals surface area contributed by atoms with Gasteiger partial charge < -0.3 is 14.8 Å². The van der Waals surface area contributed by atoms with Gasteiger partial charge in [-0.15, -0.1) is 5.10 Å². The van der Waals surface area contributed by atoms with E-state index in [0.717, 1.165) is 37.0 Å². The third-order valence-corrected chi connectivity index (χ3v) is 3.75. The van der Waals surface area contributed by atoms with Crippen molar-refractivity contribution in [3.05, 3.63) is 30.1 Å². The Morgan fingerprint density at radius 2 is 2.19 bits per heavy atom. The minimum atomic E-state index is -1.46. The maximum absolute atomic E-state index is 9.19. The van der Waals surface area contributed by atoms with Crippen LogP contribution in [0.4, 0.5) is 0 Å². The molecule has 1 aliphatic heterocycles. The topological polar surface area (TPSA) is 80.4 Å². The molecule has 0 radical (unpaired) electrons. The summed E-state index contributed by atoms with van der Waals surface area (Å²) in [5, 5.41) is 22.9. The fourth-order valence-corrected chi connectivity index (χ4v) is 2.57. The van der Waals surface area contributed by atoms with Gasteiger partial charge in [0.25, 0.3) is 0 Å². The largest absolute Gasteiger partial charge is 0.488 e. The molecular weight excluding hydrogens is 269 g/mol. The Hall–Kier alpha value is -1.70. The summed E-state index contributed by atoms with van der Waals surface area (Å²) in [4.78, 5) is 4.34. The van der Waals surface area contributed by atoms with Crippen LogP contribution in [0, 0.1) is 6.92 Å². The van der Waals surface area contributed by atoms with E-state index in [4.69, 9.17) is 4.74 Å². The first-order valence-corrected chi connectivity index (χ1v) is 7.15. The normalized spacial score (nSPS) is 18.7. The molecule has 2 aromatic rings. The molecule has 0 aliphatic carbocycles. The van der Waals surface area contributed by atoms with Gasteiger partial charge in [-0.2, -0.15) is 0 Å². The summed E-state index contributed by atoms with van der Waals surface area (Å²) in [6.45, 7) is 2.67. The molecule has 0 saturated carbocycles. The van der Waals surface area contributed by atoms with E-state index in [9.17, 15) is 10.0 Å². The lowest BCUT2D eigenvalue weighted by molar-refractivity contribution is -0.0395. The molecule has 0 bridgehead atoms. The van der Waals surface area contributed by atoms with Crippen molar-refractivity contribution in [1.29, 1.82) is 0 Å². The van der Waals surface area contributed by atoms with E-state index >= 15 is 0 Å². The number of ether oxygens (including phenoxy) is 1. The zero-order valence-electron chi connectivity index (χ0n) is 11.9. The molecule has 0 amide bonds. The standard InChI is InChI=1S/C14H18BN3O3/c1-10-8-11(15(19)20)5-6-12(10)14-16-9-18(17-14)13-4-2-3-7-21-13/h5-6,8-9,13,19-20H,2-4,7H2,1H3. The Kier molecular flexibility index (Phi) is 4.05. The predicted octanol–water partition coefficient (Wildman–Crippen LogP) is 0.632. The van der Waals surface area contributed by atoms with Crippen molar-refractivity contribution >= 4 is 12.6 Å². The van der Waals surface area contributed by atoms with Gasteiger partial charge in [0.15, 0.2) is 12.1 Å². The molecule has 2 N–H and O–H groups in total. The fraction of sp³-hybridized carbons (Fsp3) is 0.429. The molecular formula is C14H18BN3O3. The highest BCUT2D eigenvalue weighted by atomic mass is 16.5. The second-order valence-corrected chi connectivity index (χ2v) is 5.32. The van der Waals surface area contributed by atoms with E-state index in [1.165, 1.54) is 0 Å². The number of hydrogen-bond acceptors (Lipinski definition) is 5. The number of benzene rings is 1. The van der Waals surface area contributed by atoms with Crippen molar-refractivity contribution in [3.8, 4) is 11.4 Å². The van der Waals surface area contributed by atoms with Crippen molar-refractivity contribution in [2.45, 2.75) is 32.4 Å². The SMILES string of the molecule is Cc1cc(B(O)O)ccc1-c1ncn(C2CCCCO2)n1. The Labute approximate surface area is 123 Å². The molecule has 1 atom stereocenters. The average molecular weight is 287 g/mol. The number of nitrogens with zero attached hydrogens (tertiary/aromatic N) is 3. The smallest absolute Gasteiger partial charge is 0.423 e. The second kappa shape index (κ2) is 5.97. The minimum absolute atomic E-state index is 0.0288. The number of rotatable bonds is 3. The summed E-state index contributed by atoms with van der Waals surface area (Å²) in [7, 11) is -1.46. The van der Waals surface area contributed by atoms with Gasteiger partial charge in [0, 0.05) is 12.2 Å². The quantitative estimate of drug-likeness (QED) is 0.809. The molecule has 1 unspecified atom stereocenters. The molecule has 0 spiro atoms. The summed E-state index contributed by atoms with van der Waals surface area (Å²) in [6.07, 6.45) is 4.86. The van der Waals surface area contributed by atoms with Crippen molar-refractivity contribution in [2.24, 2.45) is 0 Å². The Morgan fingerprint density at radius 1 is 1.33 bits per heavy atom. The van der Waals surface area contributed by atoms with Crippen LogP contribution in [0.3, 0.4) is 0 Å². The third-order valence-electron chi connectivity index (χ3n) is 3.75. The van der Waals surface area contributed by atoms with E-state index in [2.05, 4.69) is 10.1 Å². The van der Waals surface area contributed by atoms with Gasteiger partial charge >= 0.3 is 7.12 Å². The fourth-order valence-electron chi connectivity index (χ4n) is 2.57. The van der Waals surface area contributed by atoms with E-state index < -0.39 is 7.12 Å². The predicted molar refractivity (Wildman–Crippen MR) is 78.9 cm³/mol. The van der Waals surface area contributed by atoms with Gasteiger partial charge in [-0.25, -0.2) is 9.67 Å². The van der Waals surface area contributed by atoms with Crippen LogP contribution in [0.2, 0.25) is 0 Å². The van der Waals surface area contributed by atoms with E-state index in [-0.39, 0.29) is 6.23 Å². The zero-order valence-corrected chi connectivity index (χ0v) is 11.9. The third kappa shape index (κ3) is 3.00. The average Bonchev–Trinajstić information content (AvgIpc) is 2.97. The molecule has 1 aliphatic rings. The second-order valence-electron chi connectivity index (χ2n) is 5.32. The van der Waals surface area contributed by atoms with Crippen LogP contribution < -0.4 is 5.46 Å². The van der Waals surface area contributed by atoms with Crippen molar-refractivity contribution in [1.82, 2.24) is 14.8 Å². The van der Waals surface area contributed by atoms with Gasteiger partial charge in [-0.3, -0.25) is 0 Å². The molecule has 2 heterocycles. The van der Waals surface area contributed by atoms with Crippen LogP contribution in [0.15, 0.2) is 24.5 Å². The van der Waals surface area contributed by atoms with Crippen LogP contribution in [-0.4, -0.2) is 38.5 Å². The van der Waals surface area contributed by atoms with Gasteiger partial charge in [-0.05, 0) is 37.2 Å². The summed E-state index contributed by atoms with van der Waals surface area (Å²) >= 11 is 0. The van der Waals surface area contributed by atoms with Gasteiger partial charge in [-0.1, -0.05) is 18.2 Å². The molecule has 6 nitrogen and oxygen atoms in total. The highest BCUT2D eigenvalue weighted by Crippen LogP contribution is 2.24. The van der Waals surface area contributed by atoms with Gasteiger partial charge in [0.1, 0.15) is 6.33 Å². The van der Waals surface area contributed by atoms with E-state index in [1.54, 1.807) is 23.1 Å². The number of hydrogen-bond donors (Lipinski definition) is 2. The van der Waals surface area contributed by atoms with E-state index in [1.807, 2.05) is 13.0 Å². The van der Waals surface area contributed by atoms with Gasteiger partial charge in [0.05, 0.1) is 0 Å². The Balaban J connectivity index is 1.85. The number of aryl methyl sites for hydroxylation is 1. The van der Waals surface area contributed by atoms with Crippen LogP contribution in [0.25, 0.3) is 11.4 Å². The Bertz CT molecular complexity index is 624. The molecule has 1 aromatic carbocycles. The van der Waals surface area contributed by atoms with Crippen molar-refractivity contribution in [3.63, 3.8) is 0 Å². The zero-order chi connectivity index (χ0) is 14.8. The van der Waals surface area contributed by atoms with Gasteiger partial charge in [0.2, 0.25) is 0 Å². The van der Waals surface area contributed by atoms with Crippen LogP contribution >= 0.6 is 0 Å². The molecule has 3 rings (SSSR count). The van der Waals surface area contributed by atoms with Crippen LogP contribution in [0.1, 0.15) is 31.1 Å². The monoisotopic (exact) mass is 287 g/mol. The minimum Gasteiger partial charge on any atom is -0.423 e. The van der Waals surface area contributed by atoms with Crippen molar-refractivity contribution in [2.75, 3.05) is 6.61 Å². The van der Waals surface area contributed by atoms with E-state index in [0.29, 0.717) is 11.3 Å². The molecule has 1 saturated heterocycles. The van der Waals surface area contributed by atoms with Crippen molar-refractivity contribution < 1.29 is 14.8 Å². The van der Waals surface area contributed by atoms with Crippen LogP contribution in [-0.2, 0) is 4.74 Å². The lowest BCUT2D eigenvalue weighted by atomic mass is 9.79. The molecule has 1 aromatic heterocycles. The first kappa shape index (κ1) is 14.3. The molecule has 7 heteroatoms. The lowest BCUT2D eigenvalue weighted by Crippen LogP contribution is -2.29. The highest BCUT2D eigenvalue weighted by Gasteiger charge is 2.19.